The number of rotatable bonds is 3. The van der Waals surface area contributed by atoms with Gasteiger partial charge in [-0.05, 0) is 36.2 Å². The maximum Gasteiger partial charge on any atom is 0.120 e. The van der Waals surface area contributed by atoms with E-state index < -0.39 is 0 Å². The van der Waals surface area contributed by atoms with Crippen LogP contribution in [0.3, 0.4) is 0 Å². The van der Waals surface area contributed by atoms with Gasteiger partial charge in [0.05, 0.1) is 0 Å². The fourth-order valence-electron chi connectivity index (χ4n) is 3.41. The first-order valence-electron chi connectivity index (χ1n) is 7.64. The first kappa shape index (κ1) is 14.4. The van der Waals surface area contributed by atoms with Crippen LogP contribution in [0.4, 0.5) is 0 Å². The number of aliphatic hydroxyl groups is 1. The number of hydrogen-bond acceptors (Lipinski definition) is 3. The highest BCUT2D eigenvalue weighted by atomic mass is 16.3. The fraction of sp³-hybridized carbons (Fsp3) is 0.444. The van der Waals surface area contributed by atoms with Crippen LogP contribution in [-0.2, 0) is 6.54 Å². The van der Waals surface area contributed by atoms with Crippen LogP contribution in [0.1, 0.15) is 25.3 Å². The number of nitrogens with zero attached hydrogens (tertiary/aromatic N) is 1. The summed E-state index contributed by atoms with van der Waals surface area (Å²) in [5, 5.41) is 22.1. The van der Waals surface area contributed by atoms with Gasteiger partial charge in [-0.1, -0.05) is 37.3 Å². The molecule has 2 N–H and O–H groups in total. The van der Waals surface area contributed by atoms with E-state index in [4.69, 9.17) is 0 Å². The van der Waals surface area contributed by atoms with Gasteiger partial charge in [0.25, 0.3) is 0 Å². The van der Waals surface area contributed by atoms with Crippen molar-refractivity contribution in [1.82, 2.24) is 4.90 Å². The molecule has 1 unspecified atom stereocenters. The molecular formula is C18H23NO2. The Kier molecular flexibility index (Phi) is 3.87. The minimum absolute atomic E-state index is 0.0154. The molecule has 1 aliphatic rings. The number of piperidine rings is 1. The second-order valence-corrected chi connectivity index (χ2v) is 6.57. The van der Waals surface area contributed by atoms with E-state index in [-0.39, 0.29) is 12.0 Å². The van der Waals surface area contributed by atoms with Crippen molar-refractivity contribution < 1.29 is 10.2 Å². The molecule has 112 valence electrons. The normalized spacial score (nSPS) is 23.5. The van der Waals surface area contributed by atoms with Gasteiger partial charge in [-0.15, -0.1) is 0 Å². The number of phenols is 1. The summed E-state index contributed by atoms with van der Waals surface area (Å²) < 4.78 is 0. The van der Waals surface area contributed by atoms with Gasteiger partial charge in [-0.2, -0.15) is 0 Å². The van der Waals surface area contributed by atoms with Crippen LogP contribution < -0.4 is 0 Å². The molecule has 3 heteroatoms. The van der Waals surface area contributed by atoms with Crippen LogP contribution in [0.5, 0.6) is 5.75 Å². The Balaban J connectivity index is 1.89. The Morgan fingerprint density at radius 2 is 2.00 bits per heavy atom. The van der Waals surface area contributed by atoms with E-state index in [0.717, 1.165) is 48.8 Å². The number of aromatic hydroxyl groups is 1. The monoisotopic (exact) mass is 285 g/mol. The van der Waals surface area contributed by atoms with Gasteiger partial charge in [0.1, 0.15) is 5.75 Å². The van der Waals surface area contributed by atoms with Crippen LogP contribution >= 0.6 is 0 Å². The number of hydrogen-bond donors (Lipinski definition) is 2. The van der Waals surface area contributed by atoms with Crippen molar-refractivity contribution in [3.05, 3.63) is 42.0 Å². The van der Waals surface area contributed by atoms with E-state index >= 15 is 0 Å². The average Bonchev–Trinajstić information content (AvgIpc) is 2.50. The molecule has 1 atom stereocenters. The highest BCUT2D eigenvalue weighted by Gasteiger charge is 2.30. The Hall–Kier alpha value is -1.58. The lowest BCUT2D eigenvalue weighted by atomic mass is 9.82. The van der Waals surface area contributed by atoms with Crippen molar-refractivity contribution in [3.8, 4) is 5.75 Å². The summed E-state index contributed by atoms with van der Waals surface area (Å²) in [7, 11) is 0. The third kappa shape index (κ3) is 2.89. The zero-order valence-corrected chi connectivity index (χ0v) is 12.5. The Bertz CT molecular complexity index is 640. The maximum absolute atomic E-state index is 10.3. The van der Waals surface area contributed by atoms with Gasteiger partial charge in [-0.25, -0.2) is 0 Å². The van der Waals surface area contributed by atoms with Crippen molar-refractivity contribution in [2.75, 3.05) is 19.7 Å². The first-order chi connectivity index (χ1) is 10.1. The standard InChI is InChI=1S/C18H23NO2/c1-18(13-20)9-4-10-19(12-18)11-16-15-6-3-2-5-14(15)7-8-17(16)21/h2-3,5-8,20-21H,4,9-13H2,1H3. The molecule has 0 aromatic heterocycles. The number of fused-ring (bicyclic) bond motifs is 1. The second-order valence-electron chi connectivity index (χ2n) is 6.57. The van der Waals surface area contributed by atoms with Gasteiger partial charge in [-0.3, -0.25) is 4.90 Å². The molecule has 21 heavy (non-hydrogen) atoms. The highest BCUT2D eigenvalue weighted by Crippen LogP contribution is 2.33. The van der Waals surface area contributed by atoms with Gasteiger partial charge in [0.15, 0.2) is 0 Å². The number of phenolic OH excluding ortho intramolecular Hbond substituents is 1. The van der Waals surface area contributed by atoms with Crippen molar-refractivity contribution in [2.45, 2.75) is 26.3 Å². The van der Waals surface area contributed by atoms with Gasteiger partial charge >= 0.3 is 0 Å². The molecule has 0 aliphatic carbocycles. The van der Waals surface area contributed by atoms with Crippen molar-refractivity contribution in [1.29, 1.82) is 0 Å². The second kappa shape index (κ2) is 5.66. The highest BCUT2D eigenvalue weighted by molar-refractivity contribution is 5.87. The predicted molar refractivity (Wildman–Crippen MR) is 85.3 cm³/mol. The van der Waals surface area contributed by atoms with E-state index in [1.54, 1.807) is 6.07 Å². The SMILES string of the molecule is CC1(CO)CCCN(Cc2c(O)ccc3ccccc23)C1. The fourth-order valence-corrected chi connectivity index (χ4v) is 3.41. The van der Waals surface area contributed by atoms with E-state index in [0.29, 0.717) is 5.75 Å². The van der Waals surface area contributed by atoms with Crippen LogP contribution in [0.25, 0.3) is 10.8 Å². The zero-order chi connectivity index (χ0) is 14.9. The Labute approximate surface area is 125 Å². The number of likely N-dealkylation sites (tertiary alicyclic amines) is 1. The topological polar surface area (TPSA) is 43.7 Å². The van der Waals surface area contributed by atoms with E-state index in [1.807, 2.05) is 18.2 Å². The summed E-state index contributed by atoms with van der Waals surface area (Å²) in [4.78, 5) is 2.35. The Morgan fingerprint density at radius 1 is 1.19 bits per heavy atom. The average molecular weight is 285 g/mol. The number of aliphatic hydroxyl groups excluding tert-OH is 1. The third-order valence-corrected chi connectivity index (χ3v) is 4.64. The first-order valence-corrected chi connectivity index (χ1v) is 7.64. The van der Waals surface area contributed by atoms with Crippen molar-refractivity contribution in [2.24, 2.45) is 5.41 Å². The summed E-state index contributed by atoms with van der Waals surface area (Å²) in [5.41, 5.74) is 0.980. The van der Waals surface area contributed by atoms with E-state index in [9.17, 15) is 10.2 Å². The quantitative estimate of drug-likeness (QED) is 0.910. The van der Waals surface area contributed by atoms with Gasteiger partial charge in [0.2, 0.25) is 0 Å². The molecule has 3 nitrogen and oxygen atoms in total. The minimum Gasteiger partial charge on any atom is -0.508 e. The van der Waals surface area contributed by atoms with Crippen LogP contribution in [0.2, 0.25) is 0 Å². The molecule has 0 radical (unpaired) electrons. The zero-order valence-electron chi connectivity index (χ0n) is 12.5. The summed E-state index contributed by atoms with van der Waals surface area (Å²) in [5.74, 6) is 0.366. The lowest BCUT2D eigenvalue weighted by Crippen LogP contribution is -2.43. The molecule has 1 heterocycles. The van der Waals surface area contributed by atoms with Crippen molar-refractivity contribution >= 4 is 10.8 Å². The van der Waals surface area contributed by atoms with Crippen molar-refractivity contribution in [3.63, 3.8) is 0 Å². The van der Waals surface area contributed by atoms with Crippen LogP contribution in [0.15, 0.2) is 36.4 Å². The minimum atomic E-state index is -0.0154. The molecule has 0 spiro atoms. The maximum atomic E-state index is 10.3. The van der Waals surface area contributed by atoms with Crippen LogP contribution in [0, 0.1) is 5.41 Å². The molecule has 0 bridgehead atoms. The lowest BCUT2D eigenvalue weighted by molar-refractivity contribution is 0.0428. The largest absolute Gasteiger partial charge is 0.508 e. The third-order valence-electron chi connectivity index (χ3n) is 4.64. The molecule has 2 aromatic rings. The lowest BCUT2D eigenvalue weighted by Gasteiger charge is -2.39. The molecule has 0 amide bonds. The molecule has 1 aliphatic heterocycles. The van der Waals surface area contributed by atoms with Gasteiger partial charge in [0, 0.05) is 30.7 Å². The molecule has 3 rings (SSSR count). The molecular weight excluding hydrogens is 262 g/mol. The van der Waals surface area contributed by atoms with E-state index in [2.05, 4.69) is 24.0 Å². The number of benzene rings is 2. The summed E-state index contributed by atoms with van der Waals surface area (Å²) in [6, 6.07) is 11.9. The summed E-state index contributed by atoms with van der Waals surface area (Å²) in [6.07, 6.45) is 2.17. The van der Waals surface area contributed by atoms with Crippen LogP contribution in [-0.4, -0.2) is 34.8 Å². The Morgan fingerprint density at radius 3 is 2.81 bits per heavy atom. The molecule has 2 aromatic carbocycles. The van der Waals surface area contributed by atoms with Gasteiger partial charge < -0.3 is 10.2 Å². The molecule has 0 saturated carbocycles. The summed E-state index contributed by atoms with van der Waals surface area (Å²) >= 11 is 0. The molecule has 1 saturated heterocycles. The smallest absolute Gasteiger partial charge is 0.120 e. The van der Waals surface area contributed by atoms with E-state index in [1.165, 1.54) is 0 Å². The predicted octanol–water partition coefficient (Wildman–Crippen LogP) is 3.14. The summed E-state index contributed by atoms with van der Waals surface area (Å²) in [6.45, 7) is 5.01. The molecule has 1 fully saturated rings.